The Morgan fingerprint density at radius 3 is 2.43 bits per heavy atom. The summed E-state index contributed by atoms with van der Waals surface area (Å²) < 4.78 is 11.5. The Morgan fingerprint density at radius 2 is 1.76 bits per heavy atom. The van der Waals surface area contributed by atoms with E-state index in [1.807, 2.05) is 42.5 Å². The molecule has 0 aromatic heterocycles. The number of ether oxygens (including phenoxy) is 2. The quantitative estimate of drug-likeness (QED) is 0.823. The molecule has 21 heavy (non-hydrogen) atoms. The molecule has 0 aliphatic carbocycles. The van der Waals surface area contributed by atoms with Gasteiger partial charge in [-0.2, -0.15) is 0 Å². The highest BCUT2D eigenvalue weighted by Crippen LogP contribution is 2.29. The van der Waals surface area contributed by atoms with E-state index in [0.717, 1.165) is 42.3 Å². The Bertz CT molecular complexity index is 570. The summed E-state index contributed by atoms with van der Waals surface area (Å²) in [6.45, 7) is 3.36. The highest BCUT2D eigenvalue weighted by Gasteiger charge is 2.06. The van der Waals surface area contributed by atoms with Gasteiger partial charge in [0, 0.05) is 5.02 Å². The monoisotopic (exact) mass is 305 g/mol. The molecule has 0 bridgehead atoms. The van der Waals surface area contributed by atoms with Crippen LogP contribution in [0.5, 0.6) is 17.2 Å². The fourth-order valence-electron chi connectivity index (χ4n) is 1.95. The maximum Gasteiger partial charge on any atom is 0.130 e. The highest BCUT2D eigenvalue weighted by molar-refractivity contribution is 6.30. The molecule has 2 rings (SSSR count). The van der Waals surface area contributed by atoms with Gasteiger partial charge in [-0.15, -0.1) is 0 Å². The third-order valence-electron chi connectivity index (χ3n) is 2.96. The first-order valence-corrected chi connectivity index (χ1v) is 7.50. The number of halogens is 1. The van der Waals surface area contributed by atoms with Crippen LogP contribution in [0.2, 0.25) is 5.02 Å². The van der Waals surface area contributed by atoms with Crippen LogP contribution in [0.3, 0.4) is 0 Å². The van der Waals surface area contributed by atoms with Crippen molar-refractivity contribution in [3.63, 3.8) is 0 Å². The minimum Gasteiger partial charge on any atom is -0.494 e. The summed E-state index contributed by atoms with van der Waals surface area (Å²) in [4.78, 5) is 0. The summed E-state index contributed by atoms with van der Waals surface area (Å²) in [5.41, 5.74) is 6.63. The molecule has 112 valence electrons. The van der Waals surface area contributed by atoms with Gasteiger partial charge in [-0.1, -0.05) is 18.5 Å². The van der Waals surface area contributed by atoms with Crippen LogP contribution in [-0.4, -0.2) is 13.2 Å². The summed E-state index contributed by atoms with van der Waals surface area (Å²) in [6, 6.07) is 13.2. The number of benzene rings is 2. The van der Waals surface area contributed by atoms with Crippen LogP contribution in [0.25, 0.3) is 0 Å². The van der Waals surface area contributed by atoms with Gasteiger partial charge in [0.05, 0.1) is 6.61 Å². The third-order valence-corrected chi connectivity index (χ3v) is 3.20. The smallest absolute Gasteiger partial charge is 0.130 e. The van der Waals surface area contributed by atoms with Gasteiger partial charge >= 0.3 is 0 Å². The molecule has 3 nitrogen and oxygen atoms in total. The van der Waals surface area contributed by atoms with Crippen LogP contribution in [0.1, 0.15) is 18.9 Å². The van der Waals surface area contributed by atoms with Crippen LogP contribution in [0.4, 0.5) is 0 Å². The average Bonchev–Trinajstić information content (AvgIpc) is 2.49. The molecule has 0 radical (unpaired) electrons. The lowest BCUT2D eigenvalue weighted by Crippen LogP contribution is -2.04. The number of rotatable bonds is 7. The Labute approximate surface area is 130 Å². The van der Waals surface area contributed by atoms with Crippen molar-refractivity contribution >= 4 is 11.6 Å². The normalized spacial score (nSPS) is 10.4. The van der Waals surface area contributed by atoms with Gasteiger partial charge in [0.25, 0.3) is 0 Å². The zero-order valence-corrected chi connectivity index (χ0v) is 12.9. The van der Waals surface area contributed by atoms with Gasteiger partial charge in [-0.05, 0) is 67.4 Å². The summed E-state index contributed by atoms with van der Waals surface area (Å²) in [5, 5.41) is 0.689. The fraction of sp³-hybridized carbons (Fsp3) is 0.294. The molecule has 0 saturated heterocycles. The maximum atomic E-state index is 6.01. The minimum atomic E-state index is 0.556. The molecular weight excluding hydrogens is 286 g/mol. The summed E-state index contributed by atoms with van der Waals surface area (Å²) in [7, 11) is 0. The van der Waals surface area contributed by atoms with E-state index in [0.29, 0.717) is 11.6 Å². The lowest BCUT2D eigenvalue weighted by atomic mass is 10.1. The SMILES string of the molecule is CCCOc1ccc(Oc2ccc(Cl)cc2CCN)cc1. The Morgan fingerprint density at radius 1 is 1.05 bits per heavy atom. The maximum absolute atomic E-state index is 6.01. The molecule has 0 amide bonds. The van der Waals surface area contributed by atoms with E-state index >= 15 is 0 Å². The molecule has 0 heterocycles. The predicted molar refractivity (Wildman–Crippen MR) is 86.5 cm³/mol. The second-order valence-corrected chi connectivity index (χ2v) is 5.15. The molecule has 0 fully saturated rings. The molecule has 0 atom stereocenters. The van der Waals surface area contributed by atoms with Gasteiger partial charge in [0.15, 0.2) is 0 Å². The molecule has 0 spiro atoms. The first-order valence-electron chi connectivity index (χ1n) is 7.12. The zero-order chi connectivity index (χ0) is 15.1. The average molecular weight is 306 g/mol. The number of hydrogen-bond acceptors (Lipinski definition) is 3. The summed E-state index contributed by atoms with van der Waals surface area (Å²) >= 11 is 6.01. The minimum absolute atomic E-state index is 0.556. The van der Waals surface area contributed by atoms with Gasteiger partial charge in [0.1, 0.15) is 17.2 Å². The predicted octanol–water partition coefficient (Wildman–Crippen LogP) is 4.42. The first kappa shape index (κ1) is 15.7. The molecule has 0 aliphatic rings. The molecule has 4 heteroatoms. The van der Waals surface area contributed by atoms with Crippen LogP contribution in [-0.2, 0) is 6.42 Å². The van der Waals surface area contributed by atoms with E-state index in [-0.39, 0.29) is 0 Å². The van der Waals surface area contributed by atoms with E-state index in [1.165, 1.54) is 0 Å². The molecule has 2 N–H and O–H groups in total. The van der Waals surface area contributed by atoms with Crippen molar-refractivity contribution in [3.8, 4) is 17.2 Å². The zero-order valence-electron chi connectivity index (χ0n) is 12.1. The van der Waals surface area contributed by atoms with Crippen LogP contribution in [0.15, 0.2) is 42.5 Å². The lowest BCUT2D eigenvalue weighted by molar-refractivity contribution is 0.317. The lowest BCUT2D eigenvalue weighted by Gasteiger charge is -2.12. The largest absolute Gasteiger partial charge is 0.494 e. The highest BCUT2D eigenvalue weighted by atomic mass is 35.5. The fourth-order valence-corrected chi connectivity index (χ4v) is 2.14. The van der Waals surface area contributed by atoms with Crippen molar-refractivity contribution in [1.82, 2.24) is 0 Å². The second kappa shape index (κ2) is 7.91. The van der Waals surface area contributed by atoms with E-state index in [9.17, 15) is 0 Å². The van der Waals surface area contributed by atoms with Gasteiger partial charge in [0.2, 0.25) is 0 Å². The Kier molecular flexibility index (Phi) is 5.90. The van der Waals surface area contributed by atoms with Crippen molar-refractivity contribution in [1.29, 1.82) is 0 Å². The van der Waals surface area contributed by atoms with E-state index in [4.69, 9.17) is 26.8 Å². The summed E-state index contributed by atoms with van der Waals surface area (Å²) in [6.07, 6.45) is 1.72. The Hall–Kier alpha value is -1.71. The molecule has 0 aliphatic heterocycles. The number of nitrogens with two attached hydrogens (primary N) is 1. The molecular formula is C17H20ClNO2. The summed E-state index contributed by atoms with van der Waals surface area (Å²) in [5.74, 6) is 2.40. The molecule has 2 aromatic carbocycles. The first-order chi connectivity index (χ1) is 10.2. The number of hydrogen-bond donors (Lipinski definition) is 1. The van der Waals surface area contributed by atoms with E-state index in [1.54, 1.807) is 0 Å². The van der Waals surface area contributed by atoms with Crippen LogP contribution < -0.4 is 15.2 Å². The van der Waals surface area contributed by atoms with Crippen molar-refractivity contribution in [2.75, 3.05) is 13.2 Å². The van der Waals surface area contributed by atoms with Crippen molar-refractivity contribution in [2.45, 2.75) is 19.8 Å². The Balaban J connectivity index is 2.10. The van der Waals surface area contributed by atoms with Gasteiger partial charge < -0.3 is 15.2 Å². The molecule has 0 saturated carbocycles. The van der Waals surface area contributed by atoms with Gasteiger partial charge in [-0.3, -0.25) is 0 Å². The second-order valence-electron chi connectivity index (χ2n) is 4.71. The van der Waals surface area contributed by atoms with E-state index in [2.05, 4.69) is 6.92 Å². The van der Waals surface area contributed by atoms with Crippen molar-refractivity contribution < 1.29 is 9.47 Å². The van der Waals surface area contributed by atoms with Crippen LogP contribution >= 0.6 is 11.6 Å². The van der Waals surface area contributed by atoms with Crippen molar-refractivity contribution in [2.24, 2.45) is 5.73 Å². The third kappa shape index (κ3) is 4.66. The molecule has 2 aromatic rings. The topological polar surface area (TPSA) is 44.5 Å². The van der Waals surface area contributed by atoms with Gasteiger partial charge in [-0.25, -0.2) is 0 Å². The standard InChI is InChI=1S/C17H20ClNO2/c1-2-11-20-15-4-6-16(7-5-15)21-17-8-3-14(18)12-13(17)9-10-19/h3-8,12H,2,9-11,19H2,1H3. The molecule has 0 unspecified atom stereocenters. The van der Waals surface area contributed by atoms with Crippen LogP contribution in [0, 0.1) is 0 Å². The van der Waals surface area contributed by atoms with Crippen molar-refractivity contribution in [3.05, 3.63) is 53.1 Å². The van der Waals surface area contributed by atoms with E-state index < -0.39 is 0 Å².